The van der Waals surface area contributed by atoms with Crippen molar-refractivity contribution in [1.82, 2.24) is 0 Å². The molecule has 0 bridgehead atoms. The highest BCUT2D eigenvalue weighted by Crippen LogP contribution is 2.31. The third-order valence-electron chi connectivity index (χ3n) is 4.19. The molecule has 1 aliphatic carbocycles. The molecule has 2 aromatic rings. The summed E-state index contributed by atoms with van der Waals surface area (Å²) in [7, 11) is 0. The SMILES string of the molecule is Cc1c(NC(=O)CNc2ccc(Cl)c(Cl)c2)cccc1NC(=O)C1CC1. The quantitative estimate of drug-likeness (QED) is 0.667. The summed E-state index contributed by atoms with van der Waals surface area (Å²) in [6.45, 7) is 1.95. The van der Waals surface area contributed by atoms with E-state index in [1.165, 1.54) is 0 Å². The molecule has 0 saturated heterocycles. The topological polar surface area (TPSA) is 70.2 Å². The third kappa shape index (κ3) is 4.68. The van der Waals surface area contributed by atoms with Crippen molar-refractivity contribution >= 4 is 52.1 Å². The molecule has 136 valence electrons. The molecule has 1 saturated carbocycles. The zero-order valence-electron chi connectivity index (χ0n) is 14.2. The first-order chi connectivity index (χ1) is 12.4. The summed E-state index contributed by atoms with van der Waals surface area (Å²) >= 11 is 11.8. The van der Waals surface area contributed by atoms with Crippen LogP contribution in [0.15, 0.2) is 36.4 Å². The first-order valence-corrected chi connectivity index (χ1v) is 9.09. The molecule has 3 N–H and O–H groups in total. The average Bonchev–Trinajstić information content (AvgIpc) is 3.44. The molecule has 0 atom stereocenters. The van der Waals surface area contributed by atoms with Crippen LogP contribution in [0, 0.1) is 12.8 Å². The van der Waals surface area contributed by atoms with Crippen molar-refractivity contribution in [2.45, 2.75) is 19.8 Å². The van der Waals surface area contributed by atoms with E-state index in [0.29, 0.717) is 21.4 Å². The van der Waals surface area contributed by atoms with E-state index >= 15 is 0 Å². The lowest BCUT2D eigenvalue weighted by molar-refractivity contribution is -0.117. The van der Waals surface area contributed by atoms with Crippen molar-refractivity contribution in [3.8, 4) is 0 Å². The van der Waals surface area contributed by atoms with Crippen molar-refractivity contribution in [3.63, 3.8) is 0 Å². The minimum atomic E-state index is -0.204. The normalized spacial score (nSPS) is 13.2. The van der Waals surface area contributed by atoms with Gasteiger partial charge in [0, 0.05) is 23.0 Å². The van der Waals surface area contributed by atoms with Gasteiger partial charge in [0.25, 0.3) is 0 Å². The van der Waals surface area contributed by atoms with Crippen molar-refractivity contribution in [2.75, 3.05) is 22.5 Å². The van der Waals surface area contributed by atoms with E-state index in [1.54, 1.807) is 30.3 Å². The Bertz CT molecular complexity index is 851. The Morgan fingerprint density at radius 1 is 1.04 bits per heavy atom. The van der Waals surface area contributed by atoms with Crippen LogP contribution in [0.4, 0.5) is 17.1 Å². The molecule has 0 aliphatic heterocycles. The maximum Gasteiger partial charge on any atom is 0.243 e. The van der Waals surface area contributed by atoms with Crippen LogP contribution in [0.25, 0.3) is 0 Å². The van der Waals surface area contributed by atoms with Crippen LogP contribution in [0.1, 0.15) is 18.4 Å². The van der Waals surface area contributed by atoms with E-state index in [-0.39, 0.29) is 24.3 Å². The smallest absolute Gasteiger partial charge is 0.243 e. The molecule has 2 amide bonds. The molecule has 0 unspecified atom stereocenters. The zero-order valence-corrected chi connectivity index (χ0v) is 15.7. The highest BCUT2D eigenvalue weighted by molar-refractivity contribution is 6.42. The highest BCUT2D eigenvalue weighted by atomic mass is 35.5. The molecule has 1 fully saturated rings. The lowest BCUT2D eigenvalue weighted by Gasteiger charge is -2.14. The van der Waals surface area contributed by atoms with Gasteiger partial charge in [-0.2, -0.15) is 0 Å². The van der Waals surface area contributed by atoms with Crippen molar-refractivity contribution in [1.29, 1.82) is 0 Å². The van der Waals surface area contributed by atoms with E-state index < -0.39 is 0 Å². The molecule has 3 rings (SSSR count). The van der Waals surface area contributed by atoms with Crippen molar-refractivity contribution < 1.29 is 9.59 Å². The van der Waals surface area contributed by atoms with Gasteiger partial charge in [-0.1, -0.05) is 29.3 Å². The molecule has 0 radical (unpaired) electrons. The van der Waals surface area contributed by atoms with Gasteiger partial charge in [-0.25, -0.2) is 0 Å². The standard InChI is InChI=1S/C19H19Cl2N3O2/c1-11-16(3-2-4-17(11)24-19(26)12-5-6-12)23-18(25)10-22-13-7-8-14(20)15(21)9-13/h2-4,7-9,12,22H,5-6,10H2,1H3,(H,23,25)(H,24,26). The number of nitrogens with one attached hydrogen (secondary N) is 3. The van der Waals surface area contributed by atoms with Crippen LogP contribution in [-0.4, -0.2) is 18.4 Å². The Balaban J connectivity index is 1.59. The van der Waals surface area contributed by atoms with Gasteiger partial charge in [0.1, 0.15) is 0 Å². The minimum absolute atomic E-state index is 0.0397. The van der Waals surface area contributed by atoms with Gasteiger partial charge in [0.2, 0.25) is 11.8 Å². The van der Waals surface area contributed by atoms with Crippen LogP contribution in [0.2, 0.25) is 10.0 Å². The van der Waals surface area contributed by atoms with Crippen molar-refractivity contribution in [2.24, 2.45) is 5.92 Å². The van der Waals surface area contributed by atoms with Gasteiger partial charge in [-0.15, -0.1) is 0 Å². The van der Waals surface area contributed by atoms with Gasteiger partial charge in [-0.3, -0.25) is 9.59 Å². The van der Waals surface area contributed by atoms with Gasteiger partial charge < -0.3 is 16.0 Å². The van der Waals surface area contributed by atoms with Crippen LogP contribution in [0.5, 0.6) is 0 Å². The fourth-order valence-electron chi connectivity index (χ4n) is 2.47. The maximum absolute atomic E-state index is 12.2. The van der Waals surface area contributed by atoms with Crippen LogP contribution in [0.3, 0.4) is 0 Å². The molecule has 7 heteroatoms. The lowest BCUT2D eigenvalue weighted by atomic mass is 10.1. The van der Waals surface area contributed by atoms with Crippen LogP contribution in [-0.2, 0) is 9.59 Å². The number of amides is 2. The number of anilines is 3. The van der Waals surface area contributed by atoms with Gasteiger partial charge in [0.15, 0.2) is 0 Å². The summed E-state index contributed by atoms with van der Waals surface area (Å²) < 4.78 is 0. The largest absolute Gasteiger partial charge is 0.376 e. The maximum atomic E-state index is 12.2. The number of hydrogen-bond acceptors (Lipinski definition) is 3. The summed E-state index contributed by atoms with van der Waals surface area (Å²) in [5, 5.41) is 9.66. The van der Waals surface area contributed by atoms with E-state index in [9.17, 15) is 9.59 Å². The van der Waals surface area contributed by atoms with Gasteiger partial charge in [0.05, 0.1) is 16.6 Å². The Morgan fingerprint density at radius 2 is 1.73 bits per heavy atom. The number of rotatable bonds is 6. The van der Waals surface area contributed by atoms with Gasteiger partial charge >= 0.3 is 0 Å². The number of halogens is 2. The molecule has 5 nitrogen and oxygen atoms in total. The molecular weight excluding hydrogens is 373 g/mol. The Labute approximate surface area is 162 Å². The fraction of sp³-hybridized carbons (Fsp3) is 0.263. The van der Waals surface area contributed by atoms with Gasteiger partial charge in [-0.05, 0) is 55.7 Å². The Kier molecular flexibility index (Phi) is 5.69. The summed E-state index contributed by atoms with van der Waals surface area (Å²) in [6.07, 6.45) is 1.89. The summed E-state index contributed by atoms with van der Waals surface area (Å²) in [4.78, 5) is 24.2. The number of benzene rings is 2. The number of hydrogen-bond donors (Lipinski definition) is 3. The predicted molar refractivity (Wildman–Crippen MR) is 106 cm³/mol. The molecular formula is C19H19Cl2N3O2. The molecule has 0 aromatic heterocycles. The van der Waals surface area contributed by atoms with Crippen LogP contribution >= 0.6 is 23.2 Å². The molecule has 0 heterocycles. The average molecular weight is 392 g/mol. The Hall–Kier alpha value is -2.24. The van der Waals surface area contributed by atoms with E-state index in [0.717, 1.165) is 24.1 Å². The monoisotopic (exact) mass is 391 g/mol. The first kappa shape index (κ1) is 18.5. The summed E-state index contributed by atoms with van der Waals surface area (Å²) in [6, 6.07) is 10.5. The summed E-state index contributed by atoms with van der Waals surface area (Å²) in [5.41, 5.74) is 2.91. The Morgan fingerprint density at radius 3 is 2.38 bits per heavy atom. The fourth-order valence-corrected chi connectivity index (χ4v) is 2.77. The second kappa shape index (κ2) is 7.98. The molecule has 2 aromatic carbocycles. The molecule has 1 aliphatic rings. The van der Waals surface area contributed by atoms with Crippen molar-refractivity contribution in [3.05, 3.63) is 52.0 Å². The predicted octanol–water partition coefficient (Wildman–Crippen LogP) is 4.70. The van der Waals surface area contributed by atoms with Crippen LogP contribution < -0.4 is 16.0 Å². The summed E-state index contributed by atoms with van der Waals surface area (Å²) in [5.74, 6) is -0.0363. The second-order valence-corrected chi connectivity index (χ2v) is 7.09. The van der Waals surface area contributed by atoms with E-state index in [2.05, 4.69) is 16.0 Å². The number of carbonyl (C=O) groups is 2. The second-order valence-electron chi connectivity index (χ2n) is 6.27. The van der Waals surface area contributed by atoms with E-state index in [1.807, 2.05) is 13.0 Å². The first-order valence-electron chi connectivity index (χ1n) is 8.33. The lowest BCUT2D eigenvalue weighted by Crippen LogP contribution is -2.22. The molecule has 26 heavy (non-hydrogen) atoms. The highest BCUT2D eigenvalue weighted by Gasteiger charge is 2.29. The third-order valence-corrected chi connectivity index (χ3v) is 4.93. The van der Waals surface area contributed by atoms with E-state index in [4.69, 9.17) is 23.2 Å². The number of carbonyl (C=O) groups excluding carboxylic acids is 2. The zero-order chi connectivity index (χ0) is 18.7. The minimum Gasteiger partial charge on any atom is -0.376 e. The molecule has 0 spiro atoms.